The van der Waals surface area contributed by atoms with E-state index in [2.05, 4.69) is 51.3 Å². The third-order valence-electron chi connectivity index (χ3n) is 6.58. The van der Waals surface area contributed by atoms with Gasteiger partial charge in [-0.05, 0) is 50.7 Å². The first kappa shape index (κ1) is 21.8. The molecule has 1 saturated heterocycles. The van der Waals surface area contributed by atoms with Gasteiger partial charge in [-0.15, -0.1) is 0 Å². The van der Waals surface area contributed by atoms with Gasteiger partial charge in [-0.25, -0.2) is 9.11 Å². The van der Waals surface area contributed by atoms with Crippen molar-refractivity contribution < 1.29 is 4.63 Å². The molecular weight excluding hydrogens is 394 g/mol. The summed E-state index contributed by atoms with van der Waals surface area (Å²) in [4.78, 5) is 14.3. The molecule has 1 fully saturated rings. The van der Waals surface area contributed by atoms with Gasteiger partial charge in [0.25, 0.3) is 5.84 Å². The van der Waals surface area contributed by atoms with E-state index >= 15 is 0 Å². The lowest BCUT2D eigenvalue weighted by molar-refractivity contribution is 0.152. The average Bonchev–Trinajstić information content (AvgIpc) is 3.35. The van der Waals surface area contributed by atoms with E-state index in [9.17, 15) is 0 Å². The number of piperazine rings is 1. The van der Waals surface area contributed by atoms with Gasteiger partial charge in [-0.1, -0.05) is 0 Å². The Labute approximate surface area is 183 Å². The molecule has 4 heterocycles. The number of amidine groups is 1. The molecule has 0 aliphatic carbocycles. The largest absolute Gasteiger partial charge is 0.379 e. The lowest BCUT2D eigenvalue weighted by Gasteiger charge is -2.33. The van der Waals surface area contributed by atoms with Crippen LogP contribution in [0.25, 0.3) is 0 Å². The molecule has 4 rings (SSSR count). The summed E-state index contributed by atoms with van der Waals surface area (Å²) >= 11 is 0. The molecule has 0 unspecified atom stereocenters. The summed E-state index contributed by atoms with van der Waals surface area (Å²) in [6.45, 7) is 13.5. The second kappa shape index (κ2) is 9.39. The Morgan fingerprint density at radius 3 is 2.58 bits per heavy atom. The van der Waals surface area contributed by atoms with Gasteiger partial charge in [0.2, 0.25) is 11.5 Å². The molecule has 0 atom stereocenters. The van der Waals surface area contributed by atoms with Gasteiger partial charge in [0.05, 0.1) is 19.3 Å². The highest BCUT2D eigenvalue weighted by Gasteiger charge is 2.46. The number of nitrogens with zero attached hydrogens (tertiary/aromatic N) is 7. The molecule has 0 spiro atoms. The third kappa shape index (κ3) is 4.20. The fourth-order valence-corrected chi connectivity index (χ4v) is 4.67. The van der Waals surface area contributed by atoms with E-state index in [1.54, 1.807) is 0 Å². The van der Waals surface area contributed by atoms with Crippen molar-refractivity contribution in [3.8, 4) is 0 Å². The number of likely N-dealkylation sites (N-methyl/N-ethyl adjacent to an activating group) is 1. The quantitative estimate of drug-likeness (QED) is 0.453. The minimum absolute atomic E-state index is 0.271. The molecule has 2 aliphatic heterocycles. The van der Waals surface area contributed by atoms with Crippen molar-refractivity contribution in [2.24, 2.45) is 4.99 Å². The summed E-state index contributed by atoms with van der Waals surface area (Å²) in [5.41, 5.74) is 9.74. The molecule has 3 N–H and O–H groups in total. The van der Waals surface area contributed by atoms with Gasteiger partial charge in [0.1, 0.15) is 5.69 Å². The van der Waals surface area contributed by atoms with Crippen molar-refractivity contribution in [2.75, 3.05) is 65.1 Å². The summed E-state index contributed by atoms with van der Waals surface area (Å²) in [5.74, 6) is 1.05. The molecule has 0 radical (unpaired) electrons. The van der Waals surface area contributed by atoms with Crippen molar-refractivity contribution >= 4 is 23.0 Å². The number of hydrogen-bond acceptors (Lipinski definition) is 9. The van der Waals surface area contributed by atoms with Gasteiger partial charge < -0.3 is 20.9 Å². The molecule has 10 nitrogen and oxygen atoms in total. The summed E-state index contributed by atoms with van der Waals surface area (Å²) in [5, 5.41) is 11.4. The zero-order valence-electron chi connectivity index (χ0n) is 18.8. The van der Waals surface area contributed by atoms with Crippen LogP contribution in [0.5, 0.6) is 0 Å². The summed E-state index contributed by atoms with van der Waals surface area (Å²) < 4.78 is 5.43. The normalized spacial score (nSPS) is 18.9. The van der Waals surface area contributed by atoms with Crippen molar-refractivity contribution in [3.05, 3.63) is 23.7 Å². The van der Waals surface area contributed by atoms with E-state index in [-0.39, 0.29) is 5.82 Å². The Hall–Kier alpha value is -2.40. The van der Waals surface area contributed by atoms with E-state index in [1.165, 1.54) is 18.8 Å². The molecule has 2 aliphatic rings. The third-order valence-corrected chi connectivity index (χ3v) is 6.58. The number of aliphatic imine (C=N–C) groups is 1. The lowest BCUT2D eigenvalue weighted by atomic mass is 10.1. The molecular formula is C21H34N9O+. The van der Waals surface area contributed by atoms with Gasteiger partial charge in [-0.2, -0.15) is 4.99 Å². The number of rotatable bonds is 9. The predicted octanol–water partition coefficient (Wildman–Crippen LogP) is 1.21. The summed E-state index contributed by atoms with van der Waals surface area (Å²) in [7, 11) is 2.19. The second-order valence-electron chi connectivity index (χ2n) is 8.38. The molecule has 0 aromatic carbocycles. The smallest absolute Gasteiger partial charge is 0.267 e. The zero-order valence-corrected chi connectivity index (χ0v) is 18.8. The van der Waals surface area contributed by atoms with Gasteiger partial charge in [-0.3, -0.25) is 4.98 Å². The number of quaternary nitrogens is 1. The lowest BCUT2D eigenvalue weighted by Crippen LogP contribution is -2.53. The van der Waals surface area contributed by atoms with E-state index in [0.717, 1.165) is 69.3 Å². The molecule has 0 saturated carbocycles. The van der Waals surface area contributed by atoms with Crippen LogP contribution in [0.2, 0.25) is 0 Å². The molecule has 2 aromatic rings. The number of fused-ring (bicyclic) bond motifs is 1. The first-order valence-corrected chi connectivity index (χ1v) is 11.2. The Balaban J connectivity index is 1.43. The molecule has 31 heavy (non-hydrogen) atoms. The number of nitrogens with one attached hydrogen (secondary N) is 1. The van der Waals surface area contributed by atoms with Gasteiger partial charge in [0.15, 0.2) is 5.69 Å². The number of hydrogen-bond donors (Lipinski definition) is 2. The predicted molar refractivity (Wildman–Crippen MR) is 122 cm³/mol. The van der Waals surface area contributed by atoms with Crippen LogP contribution < -0.4 is 15.5 Å². The van der Waals surface area contributed by atoms with Crippen LogP contribution in [0.1, 0.15) is 31.5 Å². The first-order chi connectivity index (χ1) is 15.1. The summed E-state index contributed by atoms with van der Waals surface area (Å²) in [6.07, 6.45) is 4.91. The number of nitrogen functional groups attached to an aromatic ring is 1. The van der Waals surface area contributed by atoms with Crippen LogP contribution in [-0.4, -0.2) is 90.3 Å². The topological polar surface area (TPSA) is 109 Å². The van der Waals surface area contributed by atoms with Gasteiger partial charge >= 0.3 is 0 Å². The van der Waals surface area contributed by atoms with Crippen LogP contribution in [0, 0.1) is 0 Å². The van der Waals surface area contributed by atoms with E-state index in [4.69, 9.17) is 15.4 Å². The standard InChI is InChI=1S/C21H34N9O/c1-4-30(5-2)19-16(13-23-7-6-8-29-11-9-28(3)10-12-29)14-24-15-17(19)25-21(30)18-20(22)27-31-26-18/h14-15,23H,4-13H2,1-3H3,(H2,22,27)/q+1. The van der Waals surface area contributed by atoms with Crippen LogP contribution >= 0.6 is 0 Å². The van der Waals surface area contributed by atoms with E-state index in [0.29, 0.717) is 10.2 Å². The van der Waals surface area contributed by atoms with Gasteiger partial charge in [0, 0.05) is 44.5 Å². The van der Waals surface area contributed by atoms with Crippen molar-refractivity contribution in [3.63, 3.8) is 0 Å². The minimum atomic E-state index is 0.271. The minimum Gasteiger partial charge on any atom is -0.379 e. The number of anilines is 1. The number of pyridine rings is 1. The second-order valence-corrected chi connectivity index (χ2v) is 8.38. The zero-order chi connectivity index (χ0) is 21.8. The Morgan fingerprint density at radius 2 is 1.90 bits per heavy atom. The molecule has 2 aromatic heterocycles. The van der Waals surface area contributed by atoms with Crippen molar-refractivity contribution in [1.29, 1.82) is 0 Å². The highest BCUT2D eigenvalue weighted by molar-refractivity contribution is 6.13. The fourth-order valence-electron chi connectivity index (χ4n) is 4.67. The van der Waals surface area contributed by atoms with Crippen molar-refractivity contribution in [2.45, 2.75) is 26.8 Å². The summed E-state index contributed by atoms with van der Waals surface area (Å²) in [6, 6.07) is 0. The maximum absolute atomic E-state index is 6.01. The highest BCUT2D eigenvalue weighted by Crippen LogP contribution is 2.44. The Morgan fingerprint density at radius 1 is 1.13 bits per heavy atom. The maximum atomic E-state index is 6.01. The van der Waals surface area contributed by atoms with Crippen LogP contribution in [0.3, 0.4) is 0 Å². The van der Waals surface area contributed by atoms with Crippen LogP contribution in [0.4, 0.5) is 17.2 Å². The fraction of sp³-hybridized carbons (Fsp3) is 0.619. The SMILES string of the molecule is CC[N+]1(CC)C(c2nonc2N)=Nc2cncc(CNCCCN3CCN(C)CC3)c21. The monoisotopic (exact) mass is 428 g/mol. The molecule has 10 heteroatoms. The number of aromatic nitrogens is 3. The van der Waals surface area contributed by atoms with Crippen LogP contribution in [0.15, 0.2) is 22.0 Å². The number of nitrogens with two attached hydrogens (primary N) is 1. The molecule has 0 bridgehead atoms. The van der Waals surface area contributed by atoms with E-state index < -0.39 is 0 Å². The maximum Gasteiger partial charge on any atom is 0.267 e. The highest BCUT2D eigenvalue weighted by atomic mass is 16.6. The van der Waals surface area contributed by atoms with Crippen LogP contribution in [-0.2, 0) is 6.54 Å². The Kier molecular flexibility index (Phi) is 6.61. The molecule has 0 amide bonds. The average molecular weight is 429 g/mol. The first-order valence-electron chi connectivity index (χ1n) is 11.2. The van der Waals surface area contributed by atoms with E-state index in [1.807, 2.05) is 12.4 Å². The molecule has 168 valence electrons. The van der Waals surface area contributed by atoms with Crippen molar-refractivity contribution in [1.82, 2.24) is 34.9 Å². The Bertz CT molecular complexity index is 913.